The molecule has 0 radical (unpaired) electrons. The molecule has 4 heterocycles. The monoisotopic (exact) mass is 566 g/mol. The number of methoxy groups -OCH3 is 1. The third-order valence-corrected chi connectivity index (χ3v) is 14.2. The van der Waals surface area contributed by atoms with Gasteiger partial charge in [-0.2, -0.15) is 0 Å². The summed E-state index contributed by atoms with van der Waals surface area (Å²) in [4.78, 5) is 13.9. The van der Waals surface area contributed by atoms with Gasteiger partial charge in [-0.05, 0) is 100 Å². The molecule has 3 aliphatic rings. The topological polar surface area (TPSA) is 43.7 Å². The van der Waals surface area contributed by atoms with E-state index in [0.717, 1.165) is 31.7 Å². The van der Waals surface area contributed by atoms with Gasteiger partial charge in [-0.25, -0.2) is 0 Å². The smallest absolute Gasteiger partial charge is 0.486 e. The minimum Gasteiger partial charge on any atom is -0.509 e. The summed E-state index contributed by atoms with van der Waals surface area (Å²) in [6, 6.07) is 16.1. The van der Waals surface area contributed by atoms with E-state index in [1.165, 1.54) is 44.9 Å². The van der Waals surface area contributed by atoms with E-state index < -0.39 is 8.64 Å². The van der Waals surface area contributed by atoms with E-state index in [-0.39, 0.29) is 11.3 Å². The number of allylic oxidation sites excluding steroid dienone is 2. The number of carbonyl (C=O) groups excluding carboxylic acids is 1. The highest BCUT2D eigenvalue weighted by Crippen LogP contribution is 2.58. The lowest BCUT2D eigenvalue weighted by Crippen LogP contribution is -2.72. The number of carbonyl (C=O) groups is 1. The van der Waals surface area contributed by atoms with Gasteiger partial charge in [-0.15, -0.1) is 0 Å². The predicted molar refractivity (Wildman–Crippen MR) is 168 cm³/mol. The number of benzene rings is 2. The van der Waals surface area contributed by atoms with Crippen LogP contribution >= 0.6 is 0 Å². The zero-order valence-electron chi connectivity index (χ0n) is 25.8. The van der Waals surface area contributed by atoms with Gasteiger partial charge in [0.25, 0.3) is 0 Å². The van der Waals surface area contributed by atoms with Crippen molar-refractivity contribution in [2.45, 2.75) is 85.7 Å². The average molecular weight is 567 g/mol. The van der Waals surface area contributed by atoms with Crippen LogP contribution in [0.2, 0.25) is 6.04 Å². The molecule has 1 aromatic heterocycles. The summed E-state index contributed by atoms with van der Waals surface area (Å²) in [5, 5.41) is 0. The maximum atomic E-state index is 13.9. The summed E-state index contributed by atoms with van der Waals surface area (Å²) in [6.45, 7) is 16.2. The number of ketones is 1. The second-order valence-corrected chi connectivity index (χ2v) is 15.1. The van der Waals surface area contributed by atoms with Crippen LogP contribution in [0.25, 0.3) is 5.57 Å². The second-order valence-electron chi connectivity index (χ2n) is 12.0. The summed E-state index contributed by atoms with van der Waals surface area (Å²) in [5.74, 6) is 1.27. The minimum atomic E-state index is -2.98. The maximum Gasteiger partial charge on any atom is 0.486 e. The van der Waals surface area contributed by atoms with E-state index in [4.69, 9.17) is 9.16 Å². The molecule has 0 bridgehead atoms. The fraction of sp³-hybridized carbons (Fsp3) is 0.400. The van der Waals surface area contributed by atoms with E-state index in [9.17, 15) is 4.79 Å². The number of hydrogen-bond donors (Lipinski definition) is 0. The third kappa shape index (κ3) is 3.69. The minimum absolute atomic E-state index is 0.0326. The molecule has 6 heteroatoms. The summed E-state index contributed by atoms with van der Waals surface area (Å²) in [7, 11) is -1.31. The average Bonchev–Trinajstić information content (AvgIpc) is 3.38. The van der Waals surface area contributed by atoms with Crippen molar-refractivity contribution in [3.05, 3.63) is 99.0 Å². The van der Waals surface area contributed by atoms with Crippen molar-refractivity contribution in [1.29, 1.82) is 0 Å². The summed E-state index contributed by atoms with van der Waals surface area (Å²) >= 11 is 0. The SMILES string of the molecule is CCC1=C(C)C2=C(C)c3c(C)c(CC)c(C)n3[Si@]3(Oc4cc(OC)ccc4C(=O)c4ccccc4)CCC[C@@]1(C)N23. The van der Waals surface area contributed by atoms with E-state index in [1.807, 2.05) is 48.5 Å². The molecule has 0 spiro atoms. The Morgan fingerprint density at radius 3 is 2.39 bits per heavy atom. The molecule has 6 rings (SSSR count). The molecule has 3 aliphatic heterocycles. The molecule has 0 saturated carbocycles. The zero-order chi connectivity index (χ0) is 29.3. The Morgan fingerprint density at radius 1 is 1.00 bits per heavy atom. The quantitative estimate of drug-likeness (QED) is 0.214. The molecule has 1 fully saturated rings. The highest BCUT2D eigenvalue weighted by Gasteiger charge is 2.65. The Bertz CT molecular complexity index is 1630. The van der Waals surface area contributed by atoms with Gasteiger partial charge in [0, 0.05) is 34.8 Å². The Balaban J connectivity index is 1.64. The van der Waals surface area contributed by atoms with Crippen LogP contribution in [0.5, 0.6) is 11.5 Å². The van der Waals surface area contributed by atoms with Gasteiger partial charge < -0.3 is 18.0 Å². The van der Waals surface area contributed by atoms with Gasteiger partial charge >= 0.3 is 8.64 Å². The number of rotatable bonds is 7. The van der Waals surface area contributed by atoms with Crippen molar-refractivity contribution in [1.82, 2.24) is 8.80 Å². The molecule has 3 aromatic rings. The highest BCUT2D eigenvalue weighted by molar-refractivity contribution is 6.72. The van der Waals surface area contributed by atoms with Gasteiger partial charge in [0.2, 0.25) is 0 Å². The zero-order valence-corrected chi connectivity index (χ0v) is 26.8. The molecule has 0 amide bonds. The largest absolute Gasteiger partial charge is 0.509 e. The van der Waals surface area contributed by atoms with Crippen molar-refractivity contribution in [3.63, 3.8) is 0 Å². The first kappa shape index (κ1) is 27.6. The van der Waals surface area contributed by atoms with Gasteiger partial charge in [0.05, 0.1) is 18.2 Å². The molecule has 41 heavy (non-hydrogen) atoms. The number of aromatic nitrogens is 1. The number of hydrogen-bond acceptors (Lipinski definition) is 4. The standard InChI is InChI=1S/C35H42N2O3Si/c1-9-28-22(3)32-24(5)33-23(4)30(10-2)35(7)19-14-20-41(37(33)35,36(32)25(28)6)40-31-21-27(39-8)17-18-29(31)34(38)26-15-12-11-13-16-26/h11-13,15-18,21H,9-10,14,19-20H2,1-8H3/t35-,41-/m1/s1. The van der Waals surface area contributed by atoms with Crippen molar-refractivity contribution < 1.29 is 14.0 Å². The molecular weight excluding hydrogens is 524 g/mol. The van der Waals surface area contributed by atoms with Crippen molar-refractivity contribution >= 4 is 20.0 Å². The van der Waals surface area contributed by atoms with Crippen LogP contribution in [0.4, 0.5) is 0 Å². The van der Waals surface area contributed by atoms with Crippen molar-refractivity contribution in [2.24, 2.45) is 0 Å². The highest BCUT2D eigenvalue weighted by atomic mass is 28.4. The Morgan fingerprint density at radius 2 is 1.73 bits per heavy atom. The molecule has 5 nitrogen and oxygen atoms in total. The normalized spacial score (nSPS) is 23.1. The molecule has 214 valence electrons. The molecule has 1 saturated heterocycles. The van der Waals surface area contributed by atoms with Gasteiger partial charge in [0.15, 0.2) is 5.78 Å². The lowest BCUT2D eigenvalue weighted by molar-refractivity contribution is 0.103. The molecule has 0 unspecified atom stereocenters. The van der Waals surface area contributed by atoms with Crippen LogP contribution in [0.3, 0.4) is 0 Å². The lowest BCUT2D eigenvalue weighted by atomic mass is 9.86. The fourth-order valence-electron chi connectivity index (χ4n) is 8.37. The molecular formula is C35H42N2O3Si. The second kappa shape index (κ2) is 9.80. The number of ether oxygens (including phenoxy) is 1. The van der Waals surface area contributed by atoms with E-state index in [0.29, 0.717) is 22.6 Å². The van der Waals surface area contributed by atoms with E-state index >= 15 is 0 Å². The van der Waals surface area contributed by atoms with Crippen LogP contribution in [-0.4, -0.2) is 35.9 Å². The van der Waals surface area contributed by atoms with Crippen molar-refractivity contribution in [3.8, 4) is 11.5 Å². The Kier molecular flexibility index (Phi) is 6.61. The van der Waals surface area contributed by atoms with Gasteiger partial charge in [-0.3, -0.25) is 4.79 Å². The summed E-state index contributed by atoms with van der Waals surface area (Å²) < 4.78 is 18.6. The van der Waals surface area contributed by atoms with Gasteiger partial charge in [-0.1, -0.05) is 44.2 Å². The van der Waals surface area contributed by atoms with Crippen molar-refractivity contribution in [2.75, 3.05) is 7.11 Å². The Hall–Kier alpha value is -3.51. The fourth-order valence-corrected chi connectivity index (χ4v) is 13.5. The molecule has 0 N–H and O–H groups in total. The predicted octanol–water partition coefficient (Wildman–Crippen LogP) is 8.11. The lowest BCUT2D eigenvalue weighted by Gasteiger charge is -2.56. The van der Waals surface area contributed by atoms with Gasteiger partial charge in [0.1, 0.15) is 11.5 Å². The van der Waals surface area contributed by atoms with Crippen LogP contribution < -0.4 is 9.16 Å². The maximum absolute atomic E-state index is 13.9. The van der Waals surface area contributed by atoms with Crippen LogP contribution in [0.1, 0.15) is 92.3 Å². The summed E-state index contributed by atoms with van der Waals surface area (Å²) in [6.07, 6.45) is 4.18. The first-order valence-electron chi connectivity index (χ1n) is 15.0. The first-order valence-corrected chi connectivity index (χ1v) is 17.1. The van der Waals surface area contributed by atoms with E-state index in [2.05, 4.69) is 57.3 Å². The van der Waals surface area contributed by atoms with Crippen LogP contribution in [0, 0.1) is 13.8 Å². The first-order chi connectivity index (χ1) is 19.6. The summed E-state index contributed by atoms with van der Waals surface area (Å²) in [5.41, 5.74) is 12.1. The molecule has 2 aromatic carbocycles. The number of fused-ring (bicyclic) bond motifs is 2. The van der Waals surface area contributed by atoms with Crippen LogP contribution in [-0.2, 0) is 6.42 Å². The van der Waals surface area contributed by atoms with E-state index in [1.54, 1.807) is 7.11 Å². The molecule has 2 atom stereocenters. The third-order valence-electron chi connectivity index (χ3n) is 10.0. The number of nitrogens with zero attached hydrogens (tertiary/aromatic N) is 2. The Labute approximate surface area is 245 Å². The van der Waals surface area contributed by atoms with Crippen LogP contribution in [0.15, 0.2) is 65.4 Å². The molecule has 0 aliphatic carbocycles.